The molecule has 0 saturated heterocycles. The minimum absolute atomic E-state index is 0.164. The number of anilines is 1. The summed E-state index contributed by atoms with van der Waals surface area (Å²) < 4.78 is 11.2. The van der Waals surface area contributed by atoms with Crippen LogP contribution < -0.4 is 10.9 Å². The maximum absolute atomic E-state index is 12.6. The van der Waals surface area contributed by atoms with E-state index in [0.717, 1.165) is 15.0 Å². The lowest BCUT2D eigenvalue weighted by atomic mass is 10.2. The van der Waals surface area contributed by atoms with Crippen LogP contribution in [-0.4, -0.2) is 40.4 Å². The predicted octanol–water partition coefficient (Wildman–Crippen LogP) is 3.45. The maximum Gasteiger partial charge on any atom is 0.260 e. The molecule has 4 rings (SSSR count). The van der Waals surface area contributed by atoms with Crippen molar-refractivity contribution in [3.63, 3.8) is 0 Å². The van der Waals surface area contributed by atoms with Gasteiger partial charge in [0.1, 0.15) is 16.4 Å². The first-order chi connectivity index (χ1) is 13.2. The van der Waals surface area contributed by atoms with Crippen molar-refractivity contribution >= 4 is 49.8 Å². The second-order valence-corrected chi connectivity index (χ2v) is 8.46. The Balaban J connectivity index is 1.48. The number of fused-ring (bicyclic) bond motifs is 1. The Labute approximate surface area is 166 Å². The number of H-pyrrole nitrogens is 1. The van der Waals surface area contributed by atoms with Crippen molar-refractivity contribution in [2.45, 2.75) is 10.1 Å². The Morgan fingerprint density at radius 2 is 2.33 bits per heavy atom. The zero-order chi connectivity index (χ0) is 18.6. The van der Waals surface area contributed by atoms with Gasteiger partial charge in [-0.15, -0.1) is 21.5 Å². The Morgan fingerprint density at radius 1 is 1.41 bits per heavy atom. The van der Waals surface area contributed by atoms with Crippen LogP contribution in [-0.2, 0) is 10.5 Å². The van der Waals surface area contributed by atoms with Crippen LogP contribution in [0.15, 0.2) is 37.3 Å². The molecule has 0 unspecified atom stereocenters. The normalized spacial score (nSPS) is 11.3. The number of nitrogens with one attached hydrogen (secondary N) is 2. The second kappa shape index (κ2) is 8.21. The van der Waals surface area contributed by atoms with Gasteiger partial charge in [-0.25, -0.2) is 4.98 Å². The summed E-state index contributed by atoms with van der Waals surface area (Å²) in [5.41, 5.74) is 0.603. The van der Waals surface area contributed by atoms with E-state index in [1.165, 1.54) is 34.4 Å². The molecule has 27 heavy (non-hydrogen) atoms. The summed E-state index contributed by atoms with van der Waals surface area (Å²) >= 11 is 4.37. The number of aromatic amines is 1. The van der Waals surface area contributed by atoms with Crippen LogP contribution in [0.3, 0.4) is 0 Å². The number of thiophene rings is 1. The predicted molar refractivity (Wildman–Crippen MR) is 108 cm³/mol. The zero-order valence-electron chi connectivity index (χ0n) is 14.2. The van der Waals surface area contributed by atoms with E-state index in [4.69, 9.17) is 9.15 Å². The monoisotopic (exact) mass is 421 g/mol. The Bertz CT molecular complexity index is 1090. The molecule has 4 aromatic heterocycles. The SMILES string of the molecule is COCCNc1nnc(SCc2nc3scc(-c4ccco4)c3c(=O)[nH]2)s1. The summed E-state index contributed by atoms with van der Waals surface area (Å²) in [4.78, 5) is 20.7. The first kappa shape index (κ1) is 18.2. The molecule has 0 radical (unpaired) electrons. The fourth-order valence-corrected chi connectivity index (χ4v) is 5.00. The van der Waals surface area contributed by atoms with Crippen LogP contribution in [0, 0.1) is 0 Å². The quantitative estimate of drug-likeness (QED) is 0.329. The van der Waals surface area contributed by atoms with Gasteiger partial charge in [0.2, 0.25) is 5.13 Å². The number of ether oxygens (including phenoxy) is 1. The molecule has 0 amide bonds. The highest BCUT2D eigenvalue weighted by molar-refractivity contribution is 8.00. The molecule has 11 heteroatoms. The maximum atomic E-state index is 12.6. The molecule has 0 saturated carbocycles. The van der Waals surface area contributed by atoms with Gasteiger partial charge >= 0.3 is 0 Å². The number of hydrogen-bond acceptors (Lipinski definition) is 10. The molecule has 0 aliphatic heterocycles. The molecule has 2 N–H and O–H groups in total. The summed E-state index contributed by atoms with van der Waals surface area (Å²) in [6, 6.07) is 3.63. The molecule has 4 aromatic rings. The first-order valence-corrected chi connectivity index (χ1v) is 10.7. The fraction of sp³-hybridized carbons (Fsp3) is 0.250. The van der Waals surface area contributed by atoms with Crippen LogP contribution in [0.4, 0.5) is 5.13 Å². The molecule has 0 aliphatic rings. The molecule has 0 aliphatic carbocycles. The van der Waals surface area contributed by atoms with Crippen LogP contribution in [0.2, 0.25) is 0 Å². The lowest BCUT2D eigenvalue weighted by molar-refractivity contribution is 0.211. The second-order valence-electron chi connectivity index (χ2n) is 5.40. The average molecular weight is 422 g/mol. The highest BCUT2D eigenvalue weighted by atomic mass is 32.2. The highest BCUT2D eigenvalue weighted by Gasteiger charge is 2.15. The molecular weight excluding hydrogens is 406 g/mol. The average Bonchev–Trinajstić information content (AvgIpc) is 3.40. The van der Waals surface area contributed by atoms with Crippen molar-refractivity contribution in [1.82, 2.24) is 20.2 Å². The molecule has 8 nitrogen and oxygen atoms in total. The smallest absolute Gasteiger partial charge is 0.260 e. The number of thioether (sulfide) groups is 1. The van der Waals surface area contributed by atoms with Gasteiger partial charge < -0.3 is 19.5 Å². The van der Waals surface area contributed by atoms with E-state index in [-0.39, 0.29) is 5.56 Å². The molecule has 0 fully saturated rings. The zero-order valence-corrected chi connectivity index (χ0v) is 16.7. The third-order valence-corrected chi connectivity index (χ3v) is 6.50. The minimum Gasteiger partial charge on any atom is -0.464 e. The van der Waals surface area contributed by atoms with Crippen LogP contribution in [0.5, 0.6) is 0 Å². The largest absolute Gasteiger partial charge is 0.464 e. The van der Waals surface area contributed by atoms with Gasteiger partial charge in [0.15, 0.2) is 4.34 Å². The summed E-state index contributed by atoms with van der Waals surface area (Å²) in [5, 5.41) is 14.5. The van der Waals surface area contributed by atoms with Crippen LogP contribution in [0.25, 0.3) is 21.5 Å². The summed E-state index contributed by atoms with van der Waals surface area (Å²) in [6.07, 6.45) is 1.59. The standard InChI is InChI=1S/C16H15N5O3S3/c1-23-6-4-17-15-20-21-16(27-15)26-8-11-18-13(22)12-9(7-25-14(12)19-11)10-3-2-5-24-10/h2-3,5,7H,4,6,8H2,1H3,(H,17,20)(H,18,19,22). The van der Waals surface area contributed by atoms with Crippen LogP contribution in [0.1, 0.15) is 5.82 Å². The third kappa shape index (κ3) is 4.05. The molecule has 0 atom stereocenters. The summed E-state index contributed by atoms with van der Waals surface area (Å²) in [7, 11) is 1.65. The van der Waals surface area contributed by atoms with E-state index in [1.54, 1.807) is 19.4 Å². The van der Waals surface area contributed by atoms with Gasteiger partial charge in [-0.05, 0) is 12.1 Å². The van der Waals surface area contributed by atoms with E-state index < -0.39 is 0 Å². The number of hydrogen-bond donors (Lipinski definition) is 2. The molecule has 140 valence electrons. The van der Waals surface area contributed by atoms with E-state index >= 15 is 0 Å². The van der Waals surface area contributed by atoms with Crippen molar-refractivity contribution in [1.29, 1.82) is 0 Å². The lowest BCUT2D eigenvalue weighted by Crippen LogP contribution is -2.10. The Hall–Kier alpha value is -2.21. The Kier molecular flexibility index (Phi) is 5.53. The number of nitrogens with zero attached hydrogens (tertiary/aromatic N) is 3. The van der Waals surface area contributed by atoms with Gasteiger partial charge in [-0.3, -0.25) is 4.79 Å². The molecule has 0 aromatic carbocycles. The van der Waals surface area contributed by atoms with Crippen molar-refractivity contribution in [2.24, 2.45) is 0 Å². The fourth-order valence-electron chi connectivity index (χ4n) is 2.40. The van der Waals surface area contributed by atoms with Gasteiger partial charge in [0.05, 0.1) is 24.0 Å². The lowest BCUT2D eigenvalue weighted by Gasteiger charge is -2.00. The van der Waals surface area contributed by atoms with Gasteiger partial charge in [-0.2, -0.15) is 0 Å². The minimum atomic E-state index is -0.164. The Morgan fingerprint density at radius 3 is 3.15 bits per heavy atom. The van der Waals surface area contributed by atoms with Gasteiger partial charge in [0, 0.05) is 24.6 Å². The number of rotatable bonds is 8. The first-order valence-electron chi connectivity index (χ1n) is 7.98. The molecule has 0 spiro atoms. The topological polar surface area (TPSA) is 106 Å². The number of aromatic nitrogens is 4. The van der Waals surface area contributed by atoms with Crippen molar-refractivity contribution in [3.8, 4) is 11.3 Å². The third-order valence-electron chi connectivity index (χ3n) is 3.60. The van der Waals surface area contributed by atoms with Crippen molar-refractivity contribution in [3.05, 3.63) is 40.0 Å². The van der Waals surface area contributed by atoms with E-state index in [1.807, 2.05) is 11.4 Å². The van der Waals surface area contributed by atoms with E-state index in [0.29, 0.717) is 40.7 Å². The highest BCUT2D eigenvalue weighted by Crippen LogP contribution is 2.32. The number of furan rings is 1. The van der Waals surface area contributed by atoms with Gasteiger partial charge in [0.25, 0.3) is 5.56 Å². The van der Waals surface area contributed by atoms with Crippen molar-refractivity contribution in [2.75, 3.05) is 25.6 Å². The molecule has 0 bridgehead atoms. The van der Waals surface area contributed by atoms with Crippen LogP contribution >= 0.6 is 34.4 Å². The molecule has 4 heterocycles. The van der Waals surface area contributed by atoms with E-state index in [2.05, 4.69) is 25.5 Å². The van der Waals surface area contributed by atoms with Crippen molar-refractivity contribution < 1.29 is 9.15 Å². The molecular formula is C16H15N5O3S3. The summed E-state index contributed by atoms with van der Waals surface area (Å²) in [6.45, 7) is 1.28. The van der Waals surface area contributed by atoms with E-state index in [9.17, 15) is 4.79 Å². The number of methoxy groups -OCH3 is 1. The van der Waals surface area contributed by atoms with Gasteiger partial charge in [-0.1, -0.05) is 23.1 Å². The summed E-state index contributed by atoms with van der Waals surface area (Å²) in [5.74, 6) is 1.78.